The number of hydrogen-bond donors (Lipinski definition) is 1. The van der Waals surface area contributed by atoms with Crippen molar-refractivity contribution in [2.45, 2.75) is 52.0 Å². The monoisotopic (exact) mass is 313 g/mol. The molecular formula is C14H24BrN3. The van der Waals surface area contributed by atoms with E-state index in [1.54, 1.807) is 0 Å². The van der Waals surface area contributed by atoms with Crippen LogP contribution in [0.1, 0.15) is 57.7 Å². The third kappa shape index (κ3) is 2.64. The Labute approximate surface area is 118 Å². The summed E-state index contributed by atoms with van der Waals surface area (Å²) in [5, 5.41) is 4.51. The van der Waals surface area contributed by atoms with Gasteiger partial charge in [0, 0.05) is 12.0 Å². The van der Waals surface area contributed by atoms with Gasteiger partial charge in [0.25, 0.3) is 0 Å². The lowest BCUT2D eigenvalue weighted by atomic mass is 9.73. The van der Waals surface area contributed by atoms with Gasteiger partial charge in [-0.2, -0.15) is 5.10 Å². The maximum absolute atomic E-state index is 5.98. The van der Waals surface area contributed by atoms with Gasteiger partial charge in [0.15, 0.2) is 0 Å². The molecule has 0 spiro atoms. The van der Waals surface area contributed by atoms with Crippen LogP contribution in [0.2, 0.25) is 0 Å². The fourth-order valence-corrected chi connectivity index (χ4v) is 3.74. The molecule has 0 aliphatic heterocycles. The van der Waals surface area contributed by atoms with Crippen molar-refractivity contribution in [3.05, 3.63) is 16.4 Å². The summed E-state index contributed by atoms with van der Waals surface area (Å²) < 4.78 is 3.31. The van der Waals surface area contributed by atoms with Crippen LogP contribution in [-0.2, 0) is 0 Å². The molecule has 1 aliphatic carbocycles. The van der Waals surface area contributed by atoms with E-state index in [0.29, 0.717) is 17.9 Å². The average Bonchev–Trinajstić information content (AvgIpc) is 2.71. The highest BCUT2D eigenvalue weighted by atomic mass is 79.9. The van der Waals surface area contributed by atoms with Crippen molar-refractivity contribution in [1.82, 2.24) is 9.78 Å². The van der Waals surface area contributed by atoms with Crippen LogP contribution in [0, 0.1) is 11.8 Å². The maximum Gasteiger partial charge on any atom is 0.0635 e. The highest BCUT2D eigenvalue weighted by molar-refractivity contribution is 9.10. The Morgan fingerprint density at radius 2 is 2.22 bits per heavy atom. The second-order valence-corrected chi connectivity index (χ2v) is 6.79. The lowest BCUT2D eigenvalue weighted by Gasteiger charge is -2.35. The van der Waals surface area contributed by atoms with Gasteiger partial charge in [0.1, 0.15) is 0 Å². The van der Waals surface area contributed by atoms with Gasteiger partial charge in [-0.15, -0.1) is 0 Å². The molecule has 0 saturated heterocycles. The molecule has 102 valence electrons. The molecule has 0 amide bonds. The lowest BCUT2D eigenvalue weighted by molar-refractivity contribution is 0.241. The normalized spacial score (nSPS) is 28.9. The van der Waals surface area contributed by atoms with Crippen LogP contribution in [0.4, 0.5) is 0 Å². The Bertz CT molecular complexity index is 400. The van der Waals surface area contributed by atoms with E-state index in [2.05, 4.69) is 46.5 Å². The first-order valence-electron chi connectivity index (χ1n) is 6.97. The SMILES string of the molecule is CC1CCC(CN)C(c2c(Br)cnn2C(C)C)C1. The molecular weight excluding hydrogens is 290 g/mol. The predicted molar refractivity (Wildman–Crippen MR) is 78.6 cm³/mol. The van der Waals surface area contributed by atoms with Crippen LogP contribution < -0.4 is 5.73 Å². The molecule has 1 heterocycles. The van der Waals surface area contributed by atoms with Crippen molar-refractivity contribution in [2.75, 3.05) is 6.54 Å². The number of rotatable bonds is 3. The molecule has 3 atom stereocenters. The van der Waals surface area contributed by atoms with Gasteiger partial charge in [-0.25, -0.2) is 0 Å². The van der Waals surface area contributed by atoms with E-state index >= 15 is 0 Å². The molecule has 1 saturated carbocycles. The van der Waals surface area contributed by atoms with Crippen molar-refractivity contribution >= 4 is 15.9 Å². The predicted octanol–water partition coefficient (Wildman–Crippen LogP) is 3.71. The minimum absolute atomic E-state index is 0.405. The van der Waals surface area contributed by atoms with Crippen molar-refractivity contribution in [2.24, 2.45) is 17.6 Å². The molecule has 1 fully saturated rings. The zero-order chi connectivity index (χ0) is 13.3. The van der Waals surface area contributed by atoms with Crippen LogP contribution in [0.25, 0.3) is 0 Å². The first-order chi connectivity index (χ1) is 8.54. The summed E-state index contributed by atoms with van der Waals surface area (Å²) in [5.74, 6) is 1.95. The quantitative estimate of drug-likeness (QED) is 0.924. The molecule has 1 aliphatic rings. The Morgan fingerprint density at radius 1 is 1.50 bits per heavy atom. The van der Waals surface area contributed by atoms with Crippen molar-refractivity contribution < 1.29 is 0 Å². The number of nitrogens with two attached hydrogens (primary N) is 1. The Hall–Kier alpha value is -0.350. The molecule has 18 heavy (non-hydrogen) atoms. The van der Waals surface area contributed by atoms with Gasteiger partial charge < -0.3 is 5.73 Å². The molecule has 3 nitrogen and oxygen atoms in total. The fraction of sp³-hybridized carbons (Fsp3) is 0.786. The molecule has 0 aromatic carbocycles. The second kappa shape index (κ2) is 5.74. The van der Waals surface area contributed by atoms with Crippen molar-refractivity contribution in [3.8, 4) is 0 Å². The molecule has 2 N–H and O–H groups in total. The van der Waals surface area contributed by atoms with E-state index in [1.165, 1.54) is 25.0 Å². The molecule has 4 heteroatoms. The summed E-state index contributed by atoms with van der Waals surface area (Å²) in [7, 11) is 0. The molecule has 1 aromatic rings. The smallest absolute Gasteiger partial charge is 0.0635 e. The number of halogens is 1. The fourth-order valence-electron chi connectivity index (χ4n) is 3.17. The summed E-state index contributed by atoms with van der Waals surface area (Å²) in [6.07, 6.45) is 5.73. The summed E-state index contributed by atoms with van der Waals surface area (Å²) in [4.78, 5) is 0. The zero-order valence-electron chi connectivity index (χ0n) is 11.6. The summed E-state index contributed by atoms with van der Waals surface area (Å²) >= 11 is 3.67. The Morgan fingerprint density at radius 3 is 2.83 bits per heavy atom. The third-order valence-corrected chi connectivity index (χ3v) is 4.80. The van der Waals surface area contributed by atoms with E-state index in [-0.39, 0.29) is 0 Å². The van der Waals surface area contributed by atoms with Gasteiger partial charge in [-0.1, -0.05) is 13.3 Å². The van der Waals surface area contributed by atoms with Crippen molar-refractivity contribution in [1.29, 1.82) is 0 Å². The summed E-state index contributed by atoms with van der Waals surface area (Å²) in [5.41, 5.74) is 7.33. The minimum atomic E-state index is 0.405. The lowest BCUT2D eigenvalue weighted by Crippen LogP contribution is -2.30. The molecule has 0 bridgehead atoms. The van der Waals surface area contributed by atoms with Crippen LogP contribution in [0.3, 0.4) is 0 Å². The highest BCUT2D eigenvalue weighted by Crippen LogP contribution is 2.42. The zero-order valence-corrected chi connectivity index (χ0v) is 13.2. The molecule has 2 rings (SSSR count). The van der Waals surface area contributed by atoms with Gasteiger partial charge in [0.05, 0.1) is 16.4 Å². The van der Waals surface area contributed by atoms with Crippen molar-refractivity contribution in [3.63, 3.8) is 0 Å². The summed E-state index contributed by atoms with van der Waals surface area (Å²) in [6.45, 7) is 7.51. The second-order valence-electron chi connectivity index (χ2n) is 5.94. The molecule has 3 unspecified atom stereocenters. The van der Waals surface area contributed by atoms with Crippen LogP contribution in [0.5, 0.6) is 0 Å². The van der Waals surface area contributed by atoms with Gasteiger partial charge in [0.2, 0.25) is 0 Å². The van der Waals surface area contributed by atoms with E-state index < -0.39 is 0 Å². The summed E-state index contributed by atoms with van der Waals surface area (Å²) in [6, 6.07) is 0.405. The standard InChI is InChI=1S/C14H24BrN3/c1-9(2)18-14(13(15)8-17-18)12-6-10(3)4-5-11(12)7-16/h8-12H,4-7,16H2,1-3H3. The number of nitrogens with zero attached hydrogens (tertiary/aromatic N) is 2. The van der Waals surface area contributed by atoms with E-state index in [9.17, 15) is 0 Å². The Kier molecular flexibility index (Phi) is 4.49. The maximum atomic E-state index is 5.98. The topological polar surface area (TPSA) is 43.8 Å². The van der Waals surface area contributed by atoms with Crippen LogP contribution in [-0.4, -0.2) is 16.3 Å². The van der Waals surface area contributed by atoms with Crippen LogP contribution >= 0.6 is 15.9 Å². The minimum Gasteiger partial charge on any atom is -0.330 e. The third-order valence-electron chi connectivity index (χ3n) is 4.19. The van der Waals surface area contributed by atoms with E-state index in [0.717, 1.165) is 16.9 Å². The van der Waals surface area contributed by atoms with Crippen LogP contribution in [0.15, 0.2) is 10.7 Å². The first-order valence-corrected chi connectivity index (χ1v) is 7.76. The van der Waals surface area contributed by atoms with Gasteiger partial charge in [-0.3, -0.25) is 4.68 Å². The van der Waals surface area contributed by atoms with E-state index in [1.807, 2.05) is 6.20 Å². The molecule has 1 aromatic heterocycles. The van der Waals surface area contributed by atoms with Gasteiger partial charge in [-0.05, 0) is 61.0 Å². The number of aromatic nitrogens is 2. The average molecular weight is 314 g/mol. The van der Waals surface area contributed by atoms with E-state index in [4.69, 9.17) is 5.73 Å². The highest BCUT2D eigenvalue weighted by Gasteiger charge is 2.33. The molecule has 0 radical (unpaired) electrons. The Balaban J connectivity index is 2.35. The number of hydrogen-bond acceptors (Lipinski definition) is 2. The first kappa shape index (κ1) is 14.1. The van der Waals surface area contributed by atoms with Gasteiger partial charge >= 0.3 is 0 Å². The largest absolute Gasteiger partial charge is 0.330 e.